The molecule has 1 atom stereocenters. The Bertz CT molecular complexity index is 301. The van der Waals surface area contributed by atoms with Crippen molar-refractivity contribution in [3.05, 3.63) is 30.1 Å². The molecule has 82 valence electrons. The maximum atomic E-state index is 11.4. The van der Waals surface area contributed by atoms with Crippen LogP contribution in [-0.4, -0.2) is 28.6 Å². The van der Waals surface area contributed by atoms with Crippen LogP contribution in [0.25, 0.3) is 0 Å². The lowest BCUT2D eigenvalue weighted by Gasteiger charge is -2.08. The molecule has 0 radical (unpaired) electrons. The zero-order chi connectivity index (χ0) is 11.1. The molecule has 1 aromatic rings. The third-order valence-electron chi connectivity index (χ3n) is 2.07. The van der Waals surface area contributed by atoms with Crippen molar-refractivity contribution in [3.63, 3.8) is 0 Å². The number of pyridine rings is 1. The van der Waals surface area contributed by atoms with Crippen LogP contribution in [0.2, 0.25) is 0 Å². The van der Waals surface area contributed by atoms with Gasteiger partial charge >= 0.3 is 0 Å². The van der Waals surface area contributed by atoms with E-state index in [9.17, 15) is 9.90 Å². The summed E-state index contributed by atoms with van der Waals surface area (Å²) in [6.07, 6.45) is 2.10. The number of nitrogens with zero attached hydrogens (tertiary/aromatic N) is 1. The highest BCUT2D eigenvalue weighted by molar-refractivity contribution is 5.78. The van der Waals surface area contributed by atoms with Gasteiger partial charge in [-0.25, -0.2) is 0 Å². The van der Waals surface area contributed by atoms with E-state index in [0.717, 1.165) is 5.69 Å². The molecule has 2 N–H and O–H groups in total. The summed E-state index contributed by atoms with van der Waals surface area (Å²) in [4.78, 5) is 15.4. The molecule has 0 saturated carbocycles. The minimum Gasteiger partial charge on any atom is -0.391 e. The molecule has 0 aliphatic rings. The van der Waals surface area contributed by atoms with Crippen LogP contribution < -0.4 is 5.32 Å². The molecule has 1 amide bonds. The van der Waals surface area contributed by atoms with Crippen LogP contribution in [0.4, 0.5) is 0 Å². The first-order chi connectivity index (χ1) is 7.22. The zero-order valence-corrected chi connectivity index (χ0v) is 8.81. The van der Waals surface area contributed by atoms with Gasteiger partial charge in [0.2, 0.25) is 5.91 Å². The van der Waals surface area contributed by atoms with Gasteiger partial charge in [-0.05, 0) is 18.6 Å². The number of rotatable bonds is 5. The van der Waals surface area contributed by atoms with Crippen LogP contribution in [0.1, 0.15) is 19.0 Å². The van der Waals surface area contributed by atoms with Crippen LogP contribution in [0, 0.1) is 0 Å². The van der Waals surface area contributed by atoms with E-state index in [4.69, 9.17) is 0 Å². The average molecular weight is 208 g/mol. The van der Waals surface area contributed by atoms with Crippen LogP contribution >= 0.6 is 0 Å². The lowest BCUT2D eigenvalue weighted by atomic mass is 10.2. The van der Waals surface area contributed by atoms with E-state index in [0.29, 0.717) is 13.0 Å². The van der Waals surface area contributed by atoms with Gasteiger partial charge < -0.3 is 10.4 Å². The number of carbonyl (C=O) groups excluding carboxylic acids is 1. The molecule has 4 nitrogen and oxygen atoms in total. The van der Waals surface area contributed by atoms with E-state index in [1.54, 1.807) is 12.3 Å². The minimum absolute atomic E-state index is 0.110. The van der Waals surface area contributed by atoms with Crippen molar-refractivity contribution in [1.82, 2.24) is 10.3 Å². The van der Waals surface area contributed by atoms with Crippen molar-refractivity contribution in [2.75, 3.05) is 6.54 Å². The number of nitrogens with one attached hydrogen (secondary N) is 1. The fourth-order valence-corrected chi connectivity index (χ4v) is 1.11. The van der Waals surface area contributed by atoms with E-state index >= 15 is 0 Å². The summed E-state index contributed by atoms with van der Waals surface area (Å²) in [5.41, 5.74) is 0.737. The van der Waals surface area contributed by atoms with Crippen LogP contribution in [0.3, 0.4) is 0 Å². The quantitative estimate of drug-likeness (QED) is 0.741. The van der Waals surface area contributed by atoms with Crippen molar-refractivity contribution < 1.29 is 9.90 Å². The van der Waals surface area contributed by atoms with E-state index in [1.165, 1.54) is 0 Å². The number of aliphatic hydroxyl groups is 1. The third kappa shape index (κ3) is 4.56. The number of hydrogen-bond donors (Lipinski definition) is 2. The second-order valence-corrected chi connectivity index (χ2v) is 3.36. The topological polar surface area (TPSA) is 62.2 Å². The molecule has 1 heterocycles. The fraction of sp³-hybridized carbons (Fsp3) is 0.455. The number of aromatic nitrogens is 1. The van der Waals surface area contributed by atoms with Crippen LogP contribution in [0.5, 0.6) is 0 Å². The van der Waals surface area contributed by atoms with Crippen molar-refractivity contribution in [1.29, 1.82) is 0 Å². The van der Waals surface area contributed by atoms with Gasteiger partial charge in [-0.15, -0.1) is 0 Å². The molecule has 0 saturated heterocycles. The maximum Gasteiger partial charge on any atom is 0.226 e. The lowest BCUT2D eigenvalue weighted by Crippen LogP contribution is -2.32. The summed E-state index contributed by atoms with van der Waals surface area (Å²) in [6.45, 7) is 2.18. The molecule has 0 fully saturated rings. The molecule has 1 unspecified atom stereocenters. The minimum atomic E-state index is -0.460. The SMILES string of the molecule is CCC(O)CNC(=O)Cc1ccccn1. The highest BCUT2D eigenvalue weighted by Crippen LogP contribution is 1.94. The van der Waals surface area contributed by atoms with E-state index < -0.39 is 6.10 Å². The molecule has 1 rings (SSSR count). The first-order valence-electron chi connectivity index (χ1n) is 5.07. The molecule has 0 aromatic carbocycles. The van der Waals surface area contributed by atoms with Gasteiger partial charge in [0, 0.05) is 18.4 Å². The third-order valence-corrected chi connectivity index (χ3v) is 2.07. The smallest absolute Gasteiger partial charge is 0.226 e. The second kappa shape index (κ2) is 6.14. The van der Waals surface area contributed by atoms with Crippen molar-refractivity contribution in [2.24, 2.45) is 0 Å². The number of amides is 1. The summed E-state index contributed by atoms with van der Waals surface area (Å²) >= 11 is 0. The normalized spacial score (nSPS) is 12.1. The van der Waals surface area contributed by atoms with Gasteiger partial charge in [0.1, 0.15) is 0 Å². The van der Waals surface area contributed by atoms with Gasteiger partial charge in [-0.3, -0.25) is 9.78 Å². The van der Waals surface area contributed by atoms with Crippen molar-refractivity contribution in [3.8, 4) is 0 Å². The first-order valence-corrected chi connectivity index (χ1v) is 5.07. The summed E-state index contributed by atoms with van der Waals surface area (Å²) in [7, 11) is 0. The Kier molecular flexibility index (Phi) is 4.77. The number of carbonyl (C=O) groups is 1. The van der Waals surface area contributed by atoms with Gasteiger partial charge in [0.25, 0.3) is 0 Å². The zero-order valence-electron chi connectivity index (χ0n) is 8.81. The van der Waals surface area contributed by atoms with E-state index in [2.05, 4.69) is 10.3 Å². The number of aliphatic hydroxyl groups excluding tert-OH is 1. The van der Waals surface area contributed by atoms with Crippen LogP contribution in [0.15, 0.2) is 24.4 Å². The Morgan fingerprint density at radius 2 is 2.40 bits per heavy atom. The summed E-state index contributed by atoms with van der Waals surface area (Å²) in [5, 5.41) is 11.9. The van der Waals surface area contributed by atoms with Gasteiger partial charge in [0.15, 0.2) is 0 Å². The van der Waals surface area contributed by atoms with Gasteiger partial charge in [-0.2, -0.15) is 0 Å². The van der Waals surface area contributed by atoms with Gasteiger partial charge in [-0.1, -0.05) is 13.0 Å². The Labute approximate surface area is 89.3 Å². The molecular formula is C11H16N2O2. The Balaban J connectivity index is 2.31. The molecule has 1 aromatic heterocycles. The van der Waals surface area contributed by atoms with Crippen molar-refractivity contribution in [2.45, 2.75) is 25.9 Å². The number of hydrogen-bond acceptors (Lipinski definition) is 3. The Morgan fingerprint density at radius 1 is 1.60 bits per heavy atom. The Morgan fingerprint density at radius 3 is 3.00 bits per heavy atom. The highest BCUT2D eigenvalue weighted by atomic mass is 16.3. The second-order valence-electron chi connectivity index (χ2n) is 3.36. The standard InChI is InChI=1S/C11H16N2O2/c1-2-10(14)8-13-11(15)7-9-5-3-4-6-12-9/h3-6,10,14H,2,7-8H2,1H3,(H,13,15). The first kappa shape index (κ1) is 11.7. The van der Waals surface area contributed by atoms with E-state index in [1.807, 2.05) is 19.1 Å². The Hall–Kier alpha value is -1.42. The molecular weight excluding hydrogens is 192 g/mol. The predicted molar refractivity (Wildman–Crippen MR) is 57.2 cm³/mol. The largest absolute Gasteiger partial charge is 0.391 e. The highest BCUT2D eigenvalue weighted by Gasteiger charge is 2.06. The average Bonchev–Trinajstić information content (AvgIpc) is 2.27. The van der Waals surface area contributed by atoms with E-state index in [-0.39, 0.29) is 12.3 Å². The molecule has 0 bridgehead atoms. The summed E-state index contributed by atoms with van der Waals surface area (Å²) in [6, 6.07) is 5.45. The molecule has 0 aliphatic heterocycles. The predicted octanol–water partition coefficient (Wildman–Crippen LogP) is 0.511. The van der Waals surface area contributed by atoms with Gasteiger partial charge in [0.05, 0.1) is 12.5 Å². The lowest BCUT2D eigenvalue weighted by molar-refractivity contribution is -0.120. The molecule has 0 spiro atoms. The molecule has 0 aliphatic carbocycles. The fourth-order valence-electron chi connectivity index (χ4n) is 1.11. The van der Waals surface area contributed by atoms with Crippen molar-refractivity contribution >= 4 is 5.91 Å². The summed E-state index contributed by atoms with van der Waals surface area (Å²) < 4.78 is 0. The molecule has 4 heteroatoms. The summed E-state index contributed by atoms with van der Waals surface area (Å²) in [5.74, 6) is -0.110. The maximum absolute atomic E-state index is 11.4. The van der Waals surface area contributed by atoms with Crippen LogP contribution in [-0.2, 0) is 11.2 Å². The molecule has 15 heavy (non-hydrogen) atoms. The monoisotopic (exact) mass is 208 g/mol.